The molecule has 2 N–H and O–H groups in total. The van der Waals surface area contributed by atoms with Gasteiger partial charge in [-0.05, 0) is 49.5 Å². The molecule has 1 aromatic rings. The Balaban J connectivity index is 0.00000338. The SMILES string of the molecule is CN=C(NCCOC)NCC1CCN(Cc2ccc(OC)cc2)CC1.I. The minimum absolute atomic E-state index is 0. The Kier molecular flexibility index (Phi) is 11.6. The lowest BCUT2D eigenvalue weighted by molar-refractivity contribution is 0.178. The highest BCUT2D eigenvalue weighted by molar-refractivity contribution is 14.0. The number of hydrogen-bond donors (Lipinski definition) is 2. The number of nitrogens with zero attached hydrogens (tertiary/aromatic N) is 2. The lowest BCUT2D eigenvalue weighted by Gasteiger charge is -2.32. The van der Waals surface area contributed by atoms with Crippen LogP contribution >= 0.6 is 24.0 Å². The van der Waals surface area contributed by atoms with Crippen LogP contribution < -0.4 is 15.4 Å². The smallest absolute Gasteiger partial charge is 0.191 e. The van der Waals surface area contributed by atoms with Crippen molar-refractivity contribution in [2.24, 2.45) is 10.9 Å². The van der Waals surface area contributed by atoms with E-state index in [1.807, 2.05) is 12.1 Å². The third-order valence-electron chi connectivity index (χ3n) is 4.65. The van der Waals surface area contributed by atoms with Crippen molar-refractivity contribution in [1.29, 1.82) is 0 Å². The quantitative estimate of drug-likeness (QED) is 0.261. The Morgan fingerprint density at radius 2 is 1.85 bits per heavy atom. The van der Waals surface area contributed by atoms with Gasteiger partial charge in [0, 0.05) is 33.8 Å². The van der Waals surface area contributed by atoms with Gasteiger partial charge in [0.25, 0.3) is 0 Å². The molecular weight excluding hydrogens is 443 g/mol. The number of halogens is 1. The molecule has 0 amide bonds. The molecule has 6 nitrogen and oxygen atoms in total. The van der Waals surface area contributed by atoms with E-state index in [0.29, 0.717) is 12.5 Å². The first-order valence-electron chi connectivity index (χ1n) is 9.04. The van der Waals surface area contributed by atoms with Crippen molar-refractivity contribution in [2.75, 3.05) is 54.1 Å². The van der Waals surface area contributed by atoms with E-state index < -0.39 is 0 Å². The molecule has 0 aromatic heterocycles. The summed E-state index contributed by atoms with van der Waals surface area (Å²) in [7, 11) is 5.22. The van der Waals surface area contributed by atoms with E-state index in [4.69, 9.17) is 9.47 Å². The van der Waals surface area contributed by atoms with Crippen LogP contribution in [-0.4, -0.2) is 64.9 Å². The van der Waals surface area contributed by atoms with Gasteiger partial charge in [0.2, 0.25) is 0 Å². The first-order valence-corrected chi connectivity index (χ1v) is 9.04. The Morgan fingerprint density at radius 3 is 2.42 bits per heavy atom. The molecule has 0 aliphatic carbocycles. The number of hydrogen-bond acceptors (Lipinski definition) is 4. The molecule has 2 rings (SSSR count). The number of methoxy groups -OCH3 is 2. The number of aliphatic imine (C=N–C) groups is 1. The van der Waals surface area contributed by atoms with Crippen LogP contribution in [0.1, 0.15) is 18.4 Å². The van der Waals surface area contributed by atoms with Crippen molar-refractivity contribution in [3.63, 3.8) is 0 Å². The van der Waals surface area contributed by atoms with Gasteiger partial charge >= 0.3 is 0 Å². The molecule has 1 aliphatic heterocycles. The molecule has 1 fully saturated rings. The number of guanidine groups is 1. The van der Waals surface area contributed by atoms with Gasteiger partial charge in [-0.15, -0.1) is 24.0 Å². The number of ether oxygens (including phenoxy) is 2. The van der Waals surface area contributed by atoms with Gasteiger partial charge in [-0.2, -0.15) is 0 Å². The second kappa shape index (κ2) is 13.2. The lowest BCUT2D eigenvalue weighted by Crippen LogP contribution is -2.43. The average Bonchev–Trinajstić information content (AvgIpc) is 2.66. The van der Waals surface area contributed by atoms with Gasteiger partial charge in [0.05, 0.1) is 13.7 Å². The topological polar surface area (TPSA) is 58.1 Å². The zero-order chi connectivity index (χ0) is 17.9. The number of nitrogens with one attached hydrogen (secondary N) is 2. The Bertz CT molecular complexity index is 517. The minimum Gasteiger partial charge on any atom is -0.497 e. The molecule has 1 aliphatic rings. The van der Waals surface area contributed by atoms with E-state index in [0.717, 1.165) is 44.4 Å². The molecule has 0 atom stereocenters. The predicted octanol–water partition coefficient (Wildman–Crippen LogP) is 2.34. The highest BCUT2D eigenvalue weighted by atomic mass is 127. The van der Waals surface area contributed by atoms with Gasteiger partial charge in [0.15, 0.2) is 5.96 Å². The molecule has 0 saturated carbocycles. The molecule has 0 unspecified atom stereocenters. The maximum absolute atomic E-state index is 5.22. The maximum atomic E-state index is 5.22. The molecule has 7 heteroatoms. The van der Waals surface area contributed by atoms with Crippen molar-refractivity contribution < 1.29 is 9.47 Å². The van der Waals surface area contributed by atoms with Crippen LogP contribution in [0.25, 0.3) is 0 Å². The molecule has 0 spiro atoms. The van der Waals surface area contributed by atoms with Crippen molar-refractivity contribution in [1.82, 2.24) is 15.5 Å². The monoisotopic (exact) mass is 476 g/mol. The number of rotatable bonds is 8. The van der Waals surface area contributed by atoms with Crippen LogP contribution in [0.15, 0.2) is 29.3 Å². The highest BCUT2D eigenvalue weighted by Gasteiger charge is 2.19. The summed E-state index contributed by atoms with van der Waals surface area (Å²) in [6.45, 7) is 5.75. The van der Waals surface area contributed by atoms with E-state index in [1.165, 1.54) is 18.4 Å². The zero-order valence-electron chi connectivity index (χ0n) is 16.2. The second-order valence-corrected chi connectivity index (χ2v) is 6.44. The number of piperidine rings is 1. The minimum atomic E-state index is 0. The summed E-state index contributed by atoms with van der Waals surface area (Å²) in [6.07, 6.45) is 2.44. The summed E-state index contributed by atoms with van der Waals surface area (Å²) in [5.41, 5.74) is 1.35. The van der Waals surface area contributed by atoms with Gasteiger partial charge in [-0.3, -0.25) is 9.89 Å². The van der Waals surface area contributed by atoms with E-state index in [2.05, 4.69) is 32.7 Å². The van der Waals surface area contributed by atoms with Gasteiger partial charge < -0.3 is 20.1 Å². The Morgan fingerprint density at radius 1 is 1.15 bits per heavy atom. The third kappa shape index (κ3) is 8.09. The number of benzene rings is 1. The summed E-state index contributed by atoms with van der Waals surface area (Å²) in [5, 5.41) is 6.68. The fourth-order valence-electron chi connectivity index (χ4n) is 3.07. The second-order valence-electron chi connectivity index (χ2n) is 6.44. The van der Waals surface area contributed by atoms with Gasteiger partial charge in [-0.25, -0.2) is 0 Å². The van der Waals surface area contributed by atoms with E-state index in [1.54, 1.807) is 21.3 Å². The van der Waals surface area contributed by atoms with E-state index >= 15 is 0 Å². The normalized spacial score (nSPS) is 16.0. The van der Waals surface area contributed by atoms with Crippen LogP contribution in [-0.2, 0) is 11.3 Å². The maximum Gasteiger partial charge on any atom is 0.191 e. The molecular formula is C19H33IN4O2. The van der Waals surface area contributed by atoms with Gasteiger partial charge in [0.1, 0.15) is 5.75 Å². The molecule has 26 heavy (non-hydrogen) atoms. The van der Waals surface area contributed by atoms with Crippen LogP contribution in [0.5, 0.6) is 5.75 Å². The molecule has 148 valence electrons. The summed E-state index contributed by atoms with van der Waals surface area (Å²) in [4.78, 5) is 6.78. The van der Waals surface area contributed by atoms with E-state index in [-0.39, 0.29) is 24.0 Å². The molecule has 0 bridgehead atoms. The van der Waals surface area contributed by atoms with Crippen molar-refractivity contribution in [3.05, 3.63) is 29.8 Å². The number of likely N-dealkylation sites (tertiary alicyclic amines) is 1. The molecule has 1 heterocycles. The lowest BCUT2D eigenvalue weighted by atomic mass is 9.96. The zero-order valence-corrected chi connectivity index (χ0v) is 18.5. The molecule has 1 saturated heterocycles. The largest absolute Gasteiger partial charge is 0.497 e. The van der Waals surface area contributed by atoms with Crippen LogP contribution in [0, 0.1) is 5.92 Å². The first-order chi connectivity index (χ1) is 12.2. The van der Waals surface area contributed by atoms with E-state index in [9.17, 15) is 0 Å². The van der Waals surface area contributed by atoms with Crippen LogP contribution in [0.3, 0.4) is 0 Å². The third-order valence-corrected chi connectivity index (χ3v) is 4.65. The Hall–Kier alpha value is -1.06. The summed E-state index contributed by atoms with van der Waals surface area (Å²) < 4.78 is 10.3. The summed E-state index contributed by atoms with van der Waals surface area (Å²) in [5.74, 6) is 2.48. The molecule has 1 aromatic carbocycles. The fourth-order valence-corrected chi connectivity index (χ4v) is 3.07. The predicted molar refractivity (Wildman–Crippen MR) is 118 cm³/mol. The summed E-state index contributed by atoms with van der Waals surface area (Å²) >= 11 is 0. The fraction of sp³-hybridized carbons (Fsp3) is 0.632. The average molecular weight is 476 g/mol. The van der Waals surface area contributed by atoms with Crippen LogP contribution in [0.2, 0.25) is 0 Å². The Labute approximate surface area is 174 Å². The standard InChI is InChI=1S/C19H32N4O2.HI/c1-20-19(21-10-13-24-2)22-14-16-8-11-23(12-9-16)15-17-4-6-18(25-3)7-5-17;/h4-7,16H,8-15H2,1-3H3,(H2,20,21,22);1H. The van der Waals surface area contributed by atoms with Gasteiger partial charge in [-0.1, -0.05) is 12.1 Å². The van der Waals surface area contributed by atoms with Crippen molar-refractivity contribution in [3.8, 4) is 5.75 Å². The van der Waals surface area contributed by atoms with Crippen molar-refractivity contribution >= 4 is 29.9 Å². The first kappa shape index (κ1) is 23.0. The van der Waals surface area contributed by atoms with Crippen molar-refractivity contribution in [2.45, 2.75) is 19.4 Å². The summed E-state index contributed by atoms with van der Waals surface area (Å²) in [6, 6.07) is 8.38. The molecule has 0 radical (unpaired) electrons. The highest BCUT2D eigenvalue weighted by Crippen LogP contribution is 2.19. The van der Waals surface area contributed by atoms with Crippen LogP contribution in [0.4, 0.5) is 0 Å².